The average Bonchev–Trinajstić information content (AvgIpc) is 3.82. The van der Waals surface area contributed by atoms with Gasteiger partial charge in [-0.2, -0.15) is 0 Å². The molecule has 11 aromatic rings. The molecule has 0 N–H and O–H groups in total. The number of benzene rings is 10. The fourth-order valence-corrected chi connectivity index (χ4v) is 10.7. The lowest BCUT2D eigenvalue weighted by Crippen LogP contribution is -2.28. The van der Waals surface area contributed by atoms with E-state index in [2.05, 4.69) is 243 Å². The van der Waals surface area contributed by atoms with Gasteiger partial charge in [-0.1, -0.05) is 199 Å². The van der Waals surface area contributed by atoms with Crippen LogP contribution in [0, 0.1) is 13.8 Å². The van der Waals surface area contributed by atoms with Crippen molar-refractivity contribution < 1.29 is 0 Å². The zero-order valence-corrected chi connectivity index (χ0v) is 34.8. The fourth-order valence-electron chi connectivity index (χ4n) is 10.7. The van der Waals surface area contributed by atoms with Crippen molar-refractivity contribution in [3.63, 3.8) is 0 Å². The number of aryl methyl sites for hydroxylation is 2. The van der Waals surface area contributed by atoms with Gasteiger partial charge in [-0.25, -0.2) is 0 Å². The smallest absolute Gasteiger partial charge is 0.0713 e. The lowest BCUT2D eigenvalue weighted by Gasteiger charge is -2.34. The molecule has 12 rings (SSSR count). The van der Waals surface area contributed by atoms with Crippen molar-refractivity contribution in [1.29, 1.82) is 0 Å². The van der Waals surface area contributed by atoms with Crippen LogP contribution in [0.15, 0.2) is 224 Å². The molecule has 1 aliphatic carbocycles. The van der Waals surface area contributed by atoms with Crippen molar-refractivity contribution in [3.8, 4) is 50.2 Å². The molecule has 0 atom stereocenters. The van der Waals surface area contributed by atoms with Crippen LogP contribution in [0.2, 0.25) is 0 Å². The summed E-state index contributed by atoms with van der Waals surface area (Å²) in [7, 11) is 0. The first kappa shape index (κ1) is 36.1. The lowest BCUT2D eigenvalue weighted by molar-refractivity contribution is 0.769. The van der Waals surface area contributed by atoms with Gasteiger partial charge in [-0.15, -0.1) is 0 Å². The van der Waals surface area contributed by atoms with Crippen LogP contribution in [0.4, 0.5) is 0 Å². The first-order valence-corrected chi connectivity index (χ1v) is 21.7. The second kappa shape index (κ2) is 14.2. The molecular weight excluding hydrogens is 747 g/mol. The minimum absolute atomic E-state index is 0.453. The molecule has 1 heteroatoms. The number of nitrogens with zero attached hydrogens (tertiary/aromatic N) is 1. The third kappa shape index (κ3) is 5.55. The van der Waals surface area contributed by atoms with Crippen LogP contribution < -0.4 is 0 Å². The van der Waals surface area contributed by atoms with Gasteiger partial charge in [0.2, 0.25) is 0 Å². The maximum atomic E-state index is 2.47. The first-order chi connectivity index (χ1) is 30.5. The largest absolute Gasteiger partial charge is 0.309 e. The molecule has 1 nitrogen and oxygen atoms in total. The average molecular weight is 790 g/mol. The molecule has 0 aliphatic heterocycles. The van der Waals surface area contributed by atoms with E-state index in [1.807, 2.05) is 0 Å². The summed E-state index contributed by atoms with van der Waals surface area (Å²) in [6, 6.07) is 83.6. The Bertz CT molecular complexity index is 3460. The standard InChI is InChI=1S/C61H43N/c1-40-34-41(2)36-48(35-40)43-26-24-42(25-27-43)45-15-13-20-51(37-45)62-58-32-30-46(38-55(58)60-52-21-10-9-14-44(52)29-33-59(60)62)47-28-31-54-53-22-11-12-23-56(53)61(57(54)39-47,49-16-5-3-6-17-49)50-18-7-4-8-19-50/h3-39H,1-2H3. The predicted molar refractivity (Wildman–Crippen MR) is 261 cm³/mol. The molecule has 62 heavy (non-hydrogen) atoms. The van der Waals surface area contributed by atoms with E-state index in [-0.39, 0.29) is 0 Å². The Morgan fingerprint density at radius 3 is 1.68 bits per heavy atom. The van der Waals surface area contributed by atoms with Gasteiger partial charge in [0.05, 0.1) is 16.4 Å². The number of rotatable bonds is 6. The molecule has 292 valence electrons. The Labute approximate surface area is 362 Å². The van der Waals surface area contributed by atoms with E-state index in [1.165, 1.54) is 110 Å². The van der Waals surface area contributed by atoms with Crippen molar-refractivity contribution in [2.75, 3.05) is 0 Å². The lowest BCUT2D eigenvalue weighted by atomic mass is 9.67. The highest BCUT2D eigenvalue weighted by atomic mass is 15.0. The zero-order chi connectivity index (χ0) is 41.4. The van der Waals surface area contributed by atoms with Crippen molar-refractivity contribution in [2.24, 2.45) is 0 Å². The van der Waals surface area contributed by atoms with Crippen molar-refractivity contribution in [3.05, 3.63) is 258 Å². The van der Waals surface area contributed by atoms with Crippen LogP contribution in [-0.2, 0) is 5.41 Å². The van der Waals surface area contributed by atoms with Crippen LogP contribution in [0.3, 0.4) is 0 Å². The van der Waals surface area contributed by atoms with Gasteiger partial charge < -0.3 is 4.57 Å². The van der Waals surface area contributed by atoms with Gasteiger partial charge in [0.1, 0.15) is 0 Å². The molecule has 0 saturated heterocycles. The molecule has 10 aromatic carbocycles. The van der Waals surface area contributed by atoms with Crippen molar-refractivity contribution in [2.45, 2.75) is 19.3 Å². The van der Waals surface area contributed by atoms with Gasteiger partial charge in [0.25, 0.3) is 0 Å². The summed E-state index contributed by atoms with van der Waals surface area (Å²) in [5.41, 5.74) is 20.8. The highest BCUT2D eigenvalue weighted by Crippen LogP contribution is 2.56. The van der Waals surface area contributed by atoms with Crippen LogP contribution in [0.25, 0.3) is 82.8 Å². The van der Waals surface area contributed by atoms with E-state index < -0.39 is 5.41 Å². The maximum absolute atomic E-state index is 2.47. The predicted octanol–water partition coefficient (Wildman–Crippen LogP) is 15.9. The third-order valence-electron chi connectivity index (χ3n) is 13.3. The van der Waals surface area contributed by atoms with E-state index in [0.29, 0.717) is 0 Å². The summed E-state index contributed by atoms with van der Waals surface area (Å²) in [6.07, 6.45) is 0. The quantitative estimate of drug-likeness (QED) is 0.158. The molecule has 0 unspecified atom stereocenters. The molecule has 1 aliphatic rings. The Balaban J connectivity index is 1.03. The summed E-state index contributed by atoms with van der Waals surface area (Å²) in [4.78, 5) is 0. The minimum atomic E-state index is -0.453. The second-order valence-electron chi connectivity index (χ2n) is 17.0. The van der Waals surface area contributed by atoms with Gasteiger partial charge in [0.15, 0.2) is 0 Å². The maximum Gasteiger partial charge on any atom is 0.0713 e. The van der Waals surface area contributed by atoms with Gasteiger partial charge in [-0.05, 0) is 128 Å². The number of hydrogen-bond acceptors (Lipinski definition) is 0. The van der Waals surface area contributed by atoms with E-state index >= 15 is 0 Å². The monoisotopic (exact) mass is 789 g/mol. The molecular formula is C61H43N. The first-order valence-electron chi connectivity index (χ1n) is 21.7. The topological polar surface area (TPSA) is 4.93 Å². The van der Waals surface area contributed by atoms with E-state index in [0.717, 1.165) is 5.69 Å². The van der Waals surface area contributed by atoms with Gasteiger partial charge in [0, 0.05) is 16.5 Å². The number of hydrogen-bond donors (Lipinski definition) is 0. The zero-order valence-electron chi connectivity index (χ0n) is 34.8. The molecule has 0 spiro atoms. The number of aromatic nitrogens is 1. The highest BCUT2D eigenvalue weighted by molar-refractivity contribution is 6.22. The van der Waals surface area contributed by atoms with Gasteiger partial charge >= 0.3 is 0 Å². The Kier molecular flexibility index (Phi) is 8.27. The van der Waals surface area contributed by atoms with E-state index in [9.17, 15) is 0 Å². The normalized spacial score (nSPS) is 12.8. The fraction of sp³-hybridized carbons (Fsp3) is 0.0492. The molecule has 0 bridgehead atoms. The molecule has 0 saturated carbocycles. The van der Waals surface area contributed by atoms with E-state index in [4.69, 9.17) is 0 Å². The van der Waals surface area contributed by atoms with Crippen molar-refractivity contribution >= 4 is 32.6 Å². The summed E-state index contributed by atoms with van der Waals surface area (Å²) in [5, 5.41) is 5.03. The summed E-state index contributed by atoms with van der Waals surface area (Å²) >= 11 is 0. The minimum Gasteiger partial charge on any atom is -0.309 e. The van der Waals surface area contributed by atoms with Crippen LogP contribution >= 0.6 is 0 Å². The molecule has 1 heterocycles. The molecule has 0 amide bonds. The van der Waals surface area contributed by atoms with E-state index in [1.54, 1.807) is 0 Å². The molecule has 0 radical (unpaired) electrons. The summed E-state index contributed by atoms with van der Waals surface area (Å²) < 4.78 is 2.46. The molecule has 0 fully saturated rings. The highest BCUT2D eigenvalue weighted by Gasteiger charge is 2.46. The van der Waals surface area contributed by atoms with Crippen molar-refractivity contribution in [1.82, 2.24) is 4.57 Å². The third-order valence-corrected chi connectivity index (χ3v) is 13.3. The van der Waals surface area contributed by atoms with Gasteiger partial charge in [-0.3, -0.25) is 0 Å². The Morgan fingerprint density at radius 2 is 0.919 bits per heavy atom. The molecule has 1 aromatic heterocycles. The SMILES string of the molecule is Cc1cc(C)cc(-c2ccc(-c3cccc(-n4c5ccc(-c6ccc7c(c6)C(c6ccccc6)(c6ccccc6)c6ccccc6-7)cc5c5c6ccccc6ccc54)c3)cc2)c1. The summed E-state index contributed by atoms with van der Waals surface area (Å²) in [6.45, 7) is 4.34. The number of fused-ring (bicyclic) bond motifs is 8. The van der Waals surface area contributed by atoms with Crippen LogP contribution in [0.5, 0.6) is 0 Å². The Hall–Kier alpha value is -7.74. The van der Waals surface area contributed by atoms with Crippen LogP contribution in [-0.4, -0.2) is 4.57 Å². The second-order valence-corrected chi connectivity index (χ2v) is 17.0. The summed E-state index contributed by atoms with van der Waals surface area (Å²) in [5.74, 6) is 0. The van der Waals surface area contributed by atoms with Crippen LogP contribution in [0.1, 0.15) is 33.4 Å². The Morgan fingerprint density at radius 1 is 0.339 bits per heavy atom.